The predicted octanol–water partition coefficient (Wildman–Crippen LogP) is 0.476. The zero-order valence-electron chi connectivity index (χ0n) is 9.93. The Hall–Kier alpha value is -2.77. The fourth-order valence-electron chi connectivity index (χ4n) is 1.83. The molecule has 0 fully saturated rings. The number of anilines is 2. The number of nitrogens with two attached hydrogens (primary N) is 1. The number of benzene rings is 1. The molecule has 8 nitrogen and oxygen atoms in total. The summed E-state index contributed by atoms with van der Waals surface area (Å²) >= 11 is 0. The molecule has 0 saturated heterocycles. The number of nitrogens with zero attached hydrogens (tertiary/aromatic N) is 2. The Kier molecular flexibility index (Phi) is 2.67. The normalized spacial score (nSPS) is 10.9. The van der Waals surface area contributed by atoms with Gasteiger partial charge in [0.2, 0.25) is 0 Å². The molecule has 0 aliphatic carbocycles. The van der Waals surface area contributed by atoms with Crippen LogP contribution in [0, 0.1) is 0 Å². The number of aromatic amines is 2. The van der Waals surface area contributed by atoms with E-state index in [4.69, 9.17) is 10.2 Å². The fourth-order valence-corrected chi connectivity index (χ4v) is 1.83. The first-order valence-corrected chi connectivity index (χ1v) is 5.73. The summed E-state index contributed by atoms with van der Waals surface area (Å²) in [5, 5.41) is 9.72. The van der Waals surface area contributed by atoms with E-state index >= 15 is 0 Å². The highest BCUT2D eigenvalue weighted by molar-refractivity contribution is 5.85. The van der Waals surface area contributed by atoms with Gasteiger partial charge in [-0.3, -0.25) is 10.1 Å². The first-order chi connectivity index (χ1) is 9.22. The summed E-state index contributed by atoms with van der Waals surface area (Å²) in [6, 6.07) is 3.36. The first-order valence-electron chi connectivity index (χ1n) is 5.73. The molecule has 3 rings (SSSR count). The largest absolute Gasteiger partial charge is 0.417 e. The van der Waals surface area contributed by atoms with Crippen molar-refractivity contribution in [1.82, 2.24) is 20.2 Å². The van der Waals surface area contributed by atoms with Gasteiger partial charge in [0.05, 0.1) is 16.9 Å². The maximum Gasteiger partial charge on any atom is 0.417 e. The van der Waals surface area contributed by atoms with Crippen LogP contribution in [0.1, 0.15) is 5.82 Å². The summed E-state index contributed by atoms with van der Waals surface area (Å²) in [5.74, 6) is 0.303. The molecule has 0 unspecified atom stereocenters. The number of H-pyrrole nitrogens is 2. The summed E-state index contributed by atoms with van der Waals surface area (Å²) in [4.78, 5) is 17.7. The van der Waals surface area contributed by atoms with Crippen LogP contribution in [-0.4, -0.2) is 26.7 Å². The van der Waals surface area contributed by atoms with Crippen LogP contribution in [0.5, 0.6) is 0 Å². The van der Waals surface area contributed by atoms with Crippen LogP contribution in [0.15, 0.2) is 27.7 Å². The molecule has 8 heteroatoms. The summed E-state index contributed by atoms with van der Waals surface area (Å²) in [6.07, 6.45) is 2.16. The minimum Gasteiger partial charge on any atom is -0.408 e. The van der Waals surface area contributed by atoms with Gasteiger partial charge in [-0.25, -0.2) is 9.78 Å². The summed E-state index contributed by atoms with van der Waals surface area (Å²) in [6.45, 7) is 0.646. The Bertz CT molecular complexity index is 742. The molecule has 0 aliphatic heterocycles. The Morgan fingerprint density at radius 1 is 1.42 bits per heavy atom. The second-order valence-electron chi connectivity index (χ2n) is 4.06. The minimum absolute atomic E-state index is 0.447. The van der Waals surface area contributed by atoms with Crippen molar-refractivity contribution in [1.29, 1.82) is 0 Å². The van der Waals surface area contributed by atoms with Crippen LogP contribution in [0.3, 0.4) is 0 Å². The van der Waals surface area contributed by atoms with Crippen molar-refractivity contribution in [3.8, 4) is 0 Å². The molecule has 5 N–H and O–H groups in total. The molecule has 0 saturated carbocycles. The number of fused-ring (bicyclic) bond motifs is 1. The maximum atomic E-state index is 11.1. The Morgan fingerprint density at radius 2 is 2.32 bits per heavy atom. The molecule has 98 valence electrons. The monoisotopic (exact) mass is 260 g/mol. The third kappa shape index (κ3) is 2.28. The summed E-state index contributed by atoms with van der Waals surface area (Å²) in [7, 11) is 0. The predicted molar refractivity (Wildman–Crippen MR) is 69.8 cm³/mol. The average Bonchev–Trinajstić information content (AvgIpc) is 2.98. The number of hydrogen-bond acceptors (Lipinski definition) is 6. The smallest absolute Gasteiger partial charge is 0.408 e. The van der Waals surface area contributed by atoms with E-state index in [-0.39, 0.29) is 0 Å². The zero-order valence-corrected chi connectivity index (χ0v) is 9.93. The highest BCUT2D eigenvalue weighted by Crippen LogP contribution is 2.24. The molecule has 0 spiro atoms. The zero-order chi connectivity index (χ0) is 13.2. The van der Waals surface area contributed by atoms with Crippen LogP contribution >= 0.6 is 0 Å². The lowest BCUT2D eigenvalue weighted by Gasteiger charge is -2.08. The molecule has 0 atom stereocenters. The molecule has 2 aromatic heterocycles. The van der Waals surface area contributed by atoms with Crippen molar-refractivity contribution in [3.05, 3.63) is 34.8 Å². The lowest BCUT2D eigenvalue weighted by atomic mass is 10.2. The van der Waals surface area contributed by atoms with Crippen molar-refractivity contribution in [2.24, 2.45) is 0 Å². The lowest BCUT2D eigenvalue weighted by Crippen LogP contribution is -2.07. The maximum absolute atomic E-state index is 11.1. The van der Waals surface area contributed by atoms with Crippen LogP contribution in [0.25, 0.3) is 11.1 Å². The van der Waals surface area contributed by atoms with Crippen LogP contribution in [-0.2, 0) is 6.42 Å². The van der Waals surface area contributed by atoms with Crippen LogP contribution < -0.4 is 16.8 Å². The highest BCUT2D eigenvalue weighted by atomic mass is 16.4. The van der Waals surface area contributed by atoms with Crippen LogP contribution in [0.2, 0.25) is 0 Å². The third-order valence-corrected chi connectivity index (χ3v) is 2.73. The van der Waals surface area contributed by atoms with Crippen LogP contribution in [0.4, 0.5) is 11.4 Å². The van der Waals surface area contributed by atoms with Gasteiger partial charge in [-0.15, -0.1) is 0 Å². The average molecular weight is 260 g/mol. The van der Waals surface area contributed by atoms with E-state index in [0.717, 1.165) is 11.5 Å². The van der Waals surface area contributed by atoms with Gasteiger partial charge in [0.1, 0.15) is 12.2 Å². The second-order valence-corrected chi connectivity index (χ2v) is 4.06. The third-order valence-electron chi connectivity index (χ3n) is 2.73. The minimum atomic E-state index is -0.492. The first kappa shape index (κ1) is 11.3. The van der Waals surface area contributed by atoms with Crippen molar-refractivity contribution < 1.29 is 4.42 Å². The topological polar surface area (TPSA) is 126 Å². The number of aromatic nitrogens is 4. The summed E-state index contributed by atoms with van der Waals surface area (Å²) in [5.41, 5.74) is 8.20. The fraction of sp³-hybridized carbons (Fsp3) is 0.182. The van der Waals surface area contributed by atoms with Gasteiger partial charge in [-0.2, -0.15) is 5.10 Å². The molecule has 3 aromatic rings. The van der Waals surface area contributed by atoms with Crippen molar-refractivity contribution in [2.75, 3.05) is 17.6 Å². The Labute approximate surface area is 107 Å². The number of rotatable bonds is 4. The van der Waals surface area contributed by atoms with E-state index < -0.39 is 5.76 Å². The van der Waals surface area contributed by atoms with Gasteiger partial charge in [0, 0.05) is 19.0 Å². The van der Waals surface area contributed by atoms with E-state index in [2.05, 4.69) is 25.5 Å². The van der Waals surface area contributed by atoms with E-state index in [9.17, 15) is 4.79 Å². The van der Waals surface area contributed by atoms with Crippen molar-refractivity contribution >= 4 is 22.5 Å². The molecule has 0 amide bonds. The van der Waals surface area contributed by atoms with E-state index in [1.54, 1.807) is 12.1 Å². The van der Waals surface area contributed by atoms with E-state index in [1.807, 2.05) is 0 Å². The van der Waals surface area contributed by atoms with Gasteiger partial charge < -0.3 is 15.5 Å². The van der Waals surface area contributed by atoms with E-state index in [1.165, 1.54) is 6.33 Å². The van der Waals surface area contributed by atoms with Crippen molar-refractivity contribution in [3.63, 3.8) is 0 Å². The van der Waals surface area contributed by atoms with Gasteiger partial charge >= 0.3 is 5.76 Å². The van der Waals surface area contributed by atoms with Gasteiger partial charge in [-0.1, -0.05) is 0 Å². The molecule has 0 bridgehead atoms. The molecule has 2 heterocycles. The van der Waals surface area contributed by atoms with E-state index in [0.29, 0.717) is 29.8 Å². The van der Waals surface area contributed by atoms with Gasteiger partial charge in [0.25, 0.3) is 0 Å². The molecular weight excluding hydrogens is 248 g/mol. The second kappa shape index (κ2) is 4.48. The van der Waals surface area contributed by atoms with Gasteiger partial charge in [0.15, 0.2) is 5.58 Å². The number of oxazole rings is 1. The number of hydrogen-bond donors (Lipinski definition) is 4. The summed E-state index contributed by atoms with van der Waals surface area (Å²) < 4.78 is 4.92. The van der Waals surface area contributed by atoms with Crippen molar-refractivity contribution in [2.45, 2.75) is 6.42 Å². The molecule has 0 radical (unpaired) electrons. The van der Waals surface area contributed by atoms with Gasteiger partial charge in [-0.05, 0) is 6.07 Å². The SMILES string of the molecule is Nc1cc2oc(=O)[nH]c2cc1NCCc1ncn[nH]1. The molecule has 0 aliphatic rings. The highest BCUT2D eigenvalue weighted by Gasteiger charge is 2.06. The Balaban J connectivity index is 1.76. The lowest BCUT2D eigenvalue weighted by molar-refractivity contribution is 0.555. The number of nitrogen functional groups attached to an aromatic ring is 1. The molecular formula is C11H12N6O2. The number of nitrogens with one attached hydrogen (secondary N) is 3. The quantitative estimate of drug-likeness (QED) is 0.505. The molecule has 19 heavy (non-hydrogen) atoms. The molecule has 1 aromatic carbocycles. The standard InChI is InChI=1S/C11H12N6O2/c12-6-3-9-8(16-11(18)19-9)4-7(6)13-2-1-10-14-5-15-17-10/h3-5,13H,1-2,12H2,(H,16,18)(H,14,15,17). The Morgan fingerprint density at radius 3 is 3.11 bits per heavy atom.